The average Bonchev–Trinajstić information content (AvgIpc) is 3.73. The third-order valence-corrected chi connectivity index (χ3v) is 7.59. The molecule has 2 amide bonds. The second kappa shape index (κ2) is 11.5. The first-order chi connectivity index (χ1) is 18.0. The molecular formula is C32H39N3O2. The molecule has 194 valence electrons. The van der Waals surface area contributed by atoms with Crippen LogP contribution in [-0.4, -0.2) is 34.8 Å². The number of anilines is 1. The van der Waals surface area contributed by atoms with Crippen LogP contribution in [0.25, 0.3) is 10.9 Å². The van der Waals surface area contributed by atoms with Gasteiger partial charge in [-0.15, -0.1) is 0 Å². The predicted octanol–water partition coefficient (Wildman–Crippen LogP) is 7.10. The Morgan fingerprint density at radius 3 is 2.41 bits per heavy atom. The first-order valence-electron chi connectivity index (χ1n) is 14.1. The zero-order chi connectivity index (χ0) is 25.8. The zero-order valence-electron chi connectivity index (χ0n) is 22.3. The van der Waals surface area contributed by atoms with Crippen LogP contribution in [0, 0.1) is 5.92 Å². The highest BCUT2D eigenvalue weighted by Gasteiger charge is 2.29. The fraction of sp³-hybridized carbons (Fsp3) is 0.469. The summed E-state index contributed by atoms with van der Waals surface area (Å²) in [4.78, 5) is 36.4. The predicted molar refractivity (Wildman–Crippen MR) is 150 cm³/mol. The molecule has 5 rings (SSSR count). The van der Waals surface area contributed by atoms with E-state index in [1.165, 1.54) is 0 Å². The molecule has 5 nitrogen and oxygen atoms in total. The minimum atomic E-state index is 0.0624. The molecule has 0 saturated heterocycles. The van der Waals surface area contributed by atoms with Crippen molar-refractivity contribution in [2.45, 2.75) is 77.7 Å². The first-order valence-corrected chi connectivity index (χ1v) is 14.1. The largest absolute Gasteiger partial charge is 0.334 e. The molecule has 0 unspecified atom stereocenters. The van der Waals surface area contributed by atoms with Gasteiger partial charge in [-0.25, -0.2) is 0 Å². The lowest BCUT2D eigenvalue weighted by molar-refractivity contribution is -0.119. The maximum absolute atomic E-state index is 14.2. The molecule has 2 heterocycles. The van der Waals surface area contributed by atoms with Crippen LogP contribution in [0.4, 0.5) is 5.69 Å². The van der Waals surface area contributed by atoms with Crippen LogP contribution < -0.4 is 4.90 Å². The van der Waals surface area contributed by atoms with Crippen LogP contribution in [0.5, 0.6) is 0 Å². The van der Waals surface area contributed by atoms with Crippen molar-refractivity contribution in [2.75, 3.05) is 18.0 Å². The SMILES string of the molecule is CC(C)CC(=O)N1CCCCCCCN(C(=O)c2cc(C3CC3)nc3ccccc23)Cc2ccccc21. The standard InChI is InChI=1S/C32H39N3O2/c1-23(2)20-31(36)35-19-11-5-3-4-10-18-34(22-25-12-6-9-15-30(25)35)32(37)27-21-29(24-16-17-24)33-28-14-8-7-13-26(27)28/h6-9,12-15,21,23-24H,3-5,10-11,16-20,22H2,1-2H3. The Morgan fingerprint density at radius 1 is 0.919 bits per heavy atom. The van der Waals surface area contributed by atoms with Crippen LogP contribution >= 0.6 is 0 Å². The highest BCUT2D eigenvalue weighted by Crippen LogP contribution is 2.40. The summed E-state index contributed by atoms with van der Waals surface area (Å²) in [5.41, 5.74) is 4.68. The second-order valence-corrected chi connectivity index (χ2v) is 11.2. The molecule has 5 heteroatoms. The topological polar surface area (TPSA) is 53.5 Å². The van der Waals surface area contributed by atoms with E-state index in [1.807, 2.05) is 52.3 Å². The molecule has 1 aliphatic carbocycles. The molecule has 0 spiro atoms. The smallest absolute Gasteiger partial charge is 0.254 e. The molecule has 1 aliphatic heterocycles. The highest BCUT2D eigenvalue weighted by molar-refractivity contribution is 6.06. The van der Waals surface area contributed by atoms with Gasteiger partial charge in [0, 0.05) is 48.7 Å². The molecular weight excluding hydrogens is 458 g/mol. The fourth-order valence-electron chi connectivity index (χ4n) is 5.44. The van der Waals surface area contributed by atoms with Crippen molar-refractivity contribution in [1.29, 1.82) is 0 Å². The molecule has 1 fully saturated rings. The number of hydrogen-bond donors (Lipinski definition) is 0. The first kappa shape index (κ1) is 25.4. The molecule has 37 heavy (non-hydrogen) atoms. The fourth-order valence-corrected chi connectivity index (χ4v) is 5.44. The molecule has 2 aromatic carbocycles. The van der Waals surface area contributed by atoms with E-state index in [2.05, 4.69) is 26.0 Å². The third-order valence-electron chi connectivity index (χ3n) is 7.59. The quantitative estimate of drug-likeness (QED) is 0.386. The lowest BCUT2D eigenvalue weighted by Crippen LogP contribution is -2.36. The summed E-state index contributed by atoms with van der Waals surface area (Å²) < 4.78 is 0. The van der Waals surface area contributed by atoms with Gasteiger partial charge in [0.05, 0.1) is 11.1 Å². The summed E-state index contributed by atoms with van der Waals surface area (Å²) in [5, 5.41) is 0.921. The Balaban J connectivity index is 1.52. The minimum absolute atomic E-state index is 0.0624. The van der Waals surface area contributed by atoms with Crippen molar-refractivity contribution in [2.24, 2.45) is 5.92 Å². The number of hydrogen-bond acceptors (Lipinski definition) is 3. The number of rotatable bonds is 4. The number of amides is 2. The molecule has 2 aliphatic rings. The minimum Gasteiger partial charge on any atom is -0.334 e. The Kier molecular flexibility index (Phi) is 7.87. The molecule has 1 aromatic heterocycles. The van der Waals surface area contributed by atoms with Gasteiger partial charge in [-0.3, -0.25) is 14.6 Å². The van der Waals surface area contributed by atoms with E-state index < -0.39 is 0 Å². The Bertz CT molecular complexity index is 1260. The van der Waals surface area contributed by atoms with Gasteiger partial charge in [-0.1, -0.05) is 69.5 Å². The van der Waals surface area contributed by atoms with Crippen molar-refractivity contribution < 1.29 is 9.59 Å². The van der Waals surface area contributed by atoms with Crippen molar-refractivity contribution in [3.05, 3.63) is 71.4 Å². The van der Waals surface area contributed by atoms with Crippen molar-refractivity contribution in [3.63, 3.8) is 0 Å². The normalized spacial score (nSPS) is 17.3. The number of fused-ring (bicyclic) bond motifs is 2. The van der Waals surface area contributed by atoms with E-state index in [9.17, 15) is 9.59 Å². The Hall–Kier alpha value is -3.21. The van der Waals surface area contributed by atoms with Gasteiger partial charge in [0.2, 0.25) is 5.91 Å². The molecule has 0 radical (unpaired) electrons. The Morgan fingerprint density at radius 2 is 1.62 bits per heavy atom. The van der Waals surface area contributed by atoms with Crippen molar-refractivity contribution in [1.82, 2.24) is 9.88 Å². The lowest BCUT2D eigenvalue weighted by atomic mass is 10.0. The number of pyridine rings is 1. The number of carbonyl (C=O) groups excluding carboxylic acids is 2. The van der Waals surface area contributed by atoms with E-state index >= 15 is 0 Å². The molecule has 0 N–H and O–H groups in total. The Labute approximate surface area is 220 Å². The van der Waals surface area contributed by atoms with Gasteiger partial charge in [-0.05, 0) is 55.4 Å². The third kappa shape index (κ3) is 6.03. The summed E-state index contributed by atoms with van der Waals surface area (Å²) in [6, 6.07) is 18.2. The van der Waals surface area contributed by atoms with Crippen LogP contribution in [-0.2, 0) is 11.3 Å². The van der Waals surface area contributed by atoms with Crippen molar-refractivity contribution in [3.8, 4) is 0 Å². The molecule has 3 aromatic rings. The van der Waals surface area contributed by atoms with Gasteiger partial charge in [0.1, 0.15) is 0 Å². The number of nitrogens with zero attached hydrogens (tertiary/aromatic N) is 3. The van der Waals surface area contributed by atoms with Crippen LogP contribution in [0.3, 0.4) is 0 Å². The molecule has 1 saturated carbocycles. The van der Waals surface area contributed by atoms with Crippen LogP contribution in [0.15, 0.2) is 54.6 Å². The van der Waals surface area contributed by atoms with Gasteiger partial charge in [-0.2, -0.15) is 0 Å². The summed E-state index contributed by atoms with van der Waals surface area (Å²) in [5.74, 6) is 1.02. The zero-order valence-corrected chi connectivity index (χ0v) is 22.3. The van der Waals surface area contributed by atoms with E-state index in [0.717, 1.165) is 84.9 Å². The monoisotopic (exact) mass is 497 g/mol. The maximum Gasteiger partial charge on any atom is 0.254 e. The van der Waals surface area contributed by atoms with Gasteiger partial charge in [0.25, 0.3) is 5.91 Å². The summed E-state index contributed by atoms with van der Waals surface area (Å²) in [6.45, 7) is 6.12. The maximum atomic E-state index is 14.2. The molecule has 0 bridgehead atoms. The number of benzene rings is 2. The summed E-state index contributed by atoms with van der Waals surface area (Å²) in [6.07, 6.45) is 8.14. The molecule has 0 atom stereocenters. The van der Waals surface area contributed by atoms with Crippen molar-refractivity contribution >= 4 is 28.4 Å². The van der Waals surface area contributed by atoms with Crippen LogP contribution in [0.2, 0.25) is 0 Å². The average molecular weight is 498 g/mol. The highest BCUT2D eigenvalue weighted by atomic mass is 16.2. The van der Waals surface area contributed by atoms with E-state index in [-0.39, 0.29) is 11.8 Å². The lowest BCUT2D eigenvalue weighted by Gasteiger charge is -2.30. The number of para-hydroxylation sites is 2. The summed E-state index contributed by atoms with van der Waals surface area (Å²) >= 11 is 0. The van der Waals surface area contributed by atoms with Gasteiger partial charge < -0.3 is 9.80 Å². The van der Waals surface area contributed by atoms with Gasteiger partial charge >= 0.3 is 0 Å². The van der Waals surface area contributed by atoms with E-state index in [0.29, 0.717) is 31.3 Å². The van der Waals surface area contributed by atoms with E-state index in [4.69, 9.17) is 4.98 Å². The summed E-state index contributed by atoms with van der Waals surface area (Å²) in [7, 11) is 0. The van der Waals surface area contributed by atoms with Gasteiger partial charge in [0.15, 0.2) is 0 Å². The second-order valence-electron chi connectivity index (χ2n) is 11.2. The number of aromatic nitrogens is 1. The number of carbonyl (C=O) groups is 2. The van der Waals surface area contributed by atoms with Crippen LogP contribution in [0.1, 0.15) is 92.7 Å². The van der Waals surface area contributed by atoms with E-state index in [1.54, 1.807) is 0 Å².